The summed E-state index contributed by atoms with van der Waals surface area (Å²) in [7, 11) is 0. The molecule has 0 aromatic heterocycles. The van der Waals surface area contributed by atoms with Crippen LogP contribution in [-0.2, 0) is 9.53 Å². The number of hydrogen-bond donors (Lipinski definition) is 0. The van der Waals surface area contributed by atoms with Gasteiger partial charge in [0, 0.05) is 0 Å². The molecule has 0 rings (SSSR count). The van der Waals surface area contributed by atoms with E-state index in [4.69, 9.17) is 4.74 Å². The molecule has 0 spiro atoms. The van der Waals surface area contributed by atoms with E-state index in [-0.39, 0.29) is 5.97 Å². The number of carbonyl (C=O) groups excluding carboxylic acids is 1. The zero-order chi connectivity index (χ0) is 10.1. The minimum absolute atomic E-state index is 0.311. The van der Waals surface area contributed by atoms with Crippen LogP contribution in [0.4, 0.5) is 0 Å². The van der Waals surface area contributed by atoms with Crippen molar-refractivity contribution in [2.24, 2.45) is 4.99 Å². The van der Waals surface area contributed by atoms with Gasteiger partial charge in [0.05, 0.1) is 11.8 Å². The summed E-state index contributed by atoms with van der Waals surface area (Å²) >= 11 is 6.11. The standard InChI is InChI=1S/C8H13NO2S2/c1-3-11-8(10)7(9-6-12)4-5-13-2/h7H,3-5H2,1-2H3. The van der Waals surface area contributed by atoms with E-state index in [9.17, 15) is 4.79 Å². The zero-order valence-electron chi connectivity index (χ0n) is 7.78. The van der Waals surface area contributed by atoms with E-state index in [0.29, 0.717) is 13.0 Å². The van der Waals surface area contributed by atoms with Gasteiger partial charge in [0.25, 0.3) is 0 Å². The highest BCUT2D eigenvalue weighted by molar-refractivity contribution is 7.98. The van der Waals surface area contributed by atoms with E-state index in [2.05, 4.69) is 22.4 Å². The van der Waals surface area contributed by atoms with Crippen LogP contribution in [0.25, 0.3) is 0 Å². The first-order chi connectivity index (χ1) is 6.26. The Morgan fingerprint density at radius 2 is 2.46 bits per heavy atom. The molecular weight excluding hydrogens is 206 g/mol. The second-order valence-electron chi connectivity index (χ2n) is 2.27. The van der Waals surface area contributed by atoms with Crippen molar-refractivity contribution in [1.29, 1.82) is 0 Å². The molecular formula is C8H13NO2S2. The van der Waals surface area contributed by atoms with Gasteiger partial charge in [-0.05, 0) is 37.6 Å². The van der Waals surface area contributed by atoms with Crippen molar-refractivity contribution in [2.45, 2.75) is 19.4 Å². The van der Waals surface area contributed by atoms with Crippen molar-refractivity contribution < 1.29 is 9.53 Å². The molecule has 0 N–H and O–H groups in total. The Bertz CT molecular complexity index is 202. The molecule has 0 saturated heterocycles. The molecule has 0 amide bonds. The predicted octanol–water partition coefficient (Wildman–Crippen LogP) is 1.77. The third kappa shape index (κ3) is 5.80. The summed E-state index contributed by atoms with van der Waals surface area (Å²) < 4.78 is 4.83. The maximum Gasteiger partial charge on any atom is 0.331 e. The molecule has 0 heterocycles. The maximum absolute atomic E-state index is 11.2. The van der Waals surface area contributed by atoms with Crippen LogP contribution in [0.5, 0.6) is 0 Å². The lowest BCUT2D eigenvalue weighted by atomic mass is 10.2. The molecule has 3 nitrogen and oxygen atoms in total. The van der Waals surface area contributed by atoms with Crippen LogP contribution < -0.4 is 0 Å². The van der Waals surface area contributed by atoms with Crippen molar-refractivity contribution in [3.8, 4) is 0 Å². The number of hydrogen-bond acceptors (Lipinski definition) is 5. The Balaban J connectivity index is 4.06. The summed E-state index contributed by atoms with van der Waals surface area (Å²) in [5.74, 6) is 0.554. The lowest BCUT2D eigenvalue weighted by molar-refractivity contribution is -0.144. The number of ether oxygens (including phenoxy) is 1. The van der Waals surface area contributed by atoms with Crippen molar-refractivity contribution in [2.75, 3.05) is 18.6 Å². The molecule has 0 bridgehead atoms. The molecule has 0 aliphatic rings. The molecule has 0 aromatic rings. The van der Waals surface area contributed by atoms with E-state index in [1.165, 1.54) is 0 Å². The van der Waals surface area contributed by atoms with E-state index in [1.54, 1.807) is 18.7 Å². The van der Waals surface area contributed by atoms with Gasteiger partial charge in [-0.15, -0.1) is 0 Å². The van der Waals surface area contributed by atoms with Crippen LogP contribution in [0, 0.1) is 0 Å². The number of esters is 1. The molecule has 1 atom stereocenters. The smallest absolute Gasteiger partial charge is 0.331 e. The zero-order valence-corrected chi connectivity index (χ0v) is 9.41. The fraction of sp³-hybridized carbons (Fsp3) is 0.750. The van der Waals surface area contributed by atoms with Crippen molar-refractivity contribution in [3.05, 3.63) is 0 Å². The molecule has 0 aromatic carbocycles. The molecule has 0 radical (unpaired) electrons. The van der Waals surface area contributed by atoms with Crippen LogP contribution in [0.3, 0.4) is 0 Å². The largest absolute Gasteiger partial charge is 0.464 e. The Labute approximate surface area is 87.9 Å². The third-order valence-corrected chi connectivity index (χ3v) is 2.11. The lowest BCUT2D eigenvalue weighted by Gasteiger charge is -2.08. The van der Waals surface area contributed by atoms with E-state index >= 15 is 0 Å². The molecule has 5 heteroatoms. The number of aliphatic imine (C=N–C) groups is 1. The van der Waals surface area contributed by atoms with Gasteiger partial charge < -0.3 is 4.74 Å². The molecule has 0 aliphatic carbocycles. The highest BCUT2D eigenvalue weighted by atomic mass is 32.2. The summed E-state index contributed by atoms with van der Waals surface area (Å²) in [6, 6.07) is -0.468. The first-order valence-corrected chi connectivity index (χ1v) is 5.79. The van der Waals surface area contributed by atoms with Gasteiger partial charge in [-0.3, -0.25) is 0 Å². The van der Waals surface area contributed by atoms with Gasteiger partial charge >= 0.3 is 5.97 Å². The van der Waals surface area contributed by atoms with Crippen molar-refractivity contribution >= 4 is 35.1 Å². The fourth-order valence-electron chi connectivity index (χ4n) is 0.767. The van der Waals surface area contributed by atoms with Gasteiger partial charge in [0.1, 0.15) is 0 Å². The number of carbonyl (C=O) groups is 1. The third-order valence-electron chi connectivity index (χ3n) is 1.36. The molecule has 1 unspecified atom stereocenters. The van der Waals surface area contributed by atoms with Gasteiger partial charge in [0.2, 0.25) is 0 Å². The van der Waals surface area contributed by atoms with Gasteiger partial charge in [-0.2, -0.15) is 11.8 Å². The average Bonchev–Trinajstić information content (AvgIpc) is 2.12. The molecule has 13 heavy (non-hydrogen) atoms. The summed E-state index contributed by atoms with van der Waals surface area (Å²) in [5.41, 5.74) is 0. The number of thioether (sulfide) groups is 1. The molecule has 74 valence electrons. The lowest BCUT2D eigenvalue weighted by Crippen LogP contribution is -2.22. The van der Waals surface area contributed by atoms with Crippen LogP contribution >= 0.6 is 24.0 Å². The second-order valence-corrected chi connectivity index (χ2v) is 3.44. The quantitative estimate of drug-likeness (QED) is 0.388. The number of rotatable bonds is 6. The summed E-state index contributed by atoms with van der Waals surface area (Å²) in [6.45, 7) is 2.15. The highest BCUT2D eigenvalue weighted by Gasteiger charge is 2.17. The number of thiocarbonyl (C=S) groups is 1. The number of nitrogens with zero attached hydrogens (tertiary/aromatic N) is 1. The molecule has 0 fully saturated rings. The minimum Gasteiger partial charge on any atom is -0.464 e. The summed E-state index contributed by atoms with van der Waals surface area (Å²) in [4.78, 5) is 15.0. The summed E-state index contributed by atoms with van der Waals surface area (Å²) in [5, 5.41) is 2.21. The average molecular weight is 219 g/mol. The molecule has 0 aliphatic heterocycles. The van der Waals surface area contributed by atoms with E-state index in [1.807, 2.05) is 6.26 Å². The fourth-order valence-corrected chi connectivity index (χ4v) is 1.35. The van der Waals surface area contributed by atoms with Crippen LogP contribution in [0.2, 0.25) is 0 Å². The minimum atomic E-state index is -0.468. The van der Waals surface area contributed by atoms with Crippen molar-refractivity contribution in [1.82, 2.24) is 0 Å². The summed E-state index contributed by atoms with van der Waals surface area (Å²) in [6.07, 6.45) is 2.63. The van der Waals surface area contributed by atoms with Gasteiger partial charge in [0.15, 0.2) is 6.04 Å². The Kier molecular flexibility index (Phi) is 7.99. The Morgan fingerprint density at radius 1 is 1.77 bits per heavy atom. The van der Waals surface area contributed by atoms with Gasteiger partial charge in [-0.1, -0.05) is 0 Å². The van der Waals surface area contributed by atoms with E-state index < -0.39 is 6.04 Å². The Hall–Kier alpha value is -0.380. The van der Waals surface area contributed by atoms with E-state index in [0.717, 1.165) is 5.75 Å². The van der Waals surface area contributed by atoms with Crippen molar-refractivity contribution in [3.63, 3.8) is 0 Å². The van der Waals surface area contributed by atoms with Crippen LogP contribution in [-0.4, -0.2) is 35.8 Å². The molecule has 0 saturated carbocycles. The highest BCUT2D eigenvalue weighted by Crippen LogP contribution is 2.05. The Morgan fingerprint density at radius 3 is 2.92 bits per heavy atom. The second kappa shape index (κ2) is 8.23. The normalized spacial score (nSPS) is 11.5. The first-order valence-electron chi connectivity index (χ1n) is 3.98. The first kappa shape index (κ1) is 12.6. The SMILES string of the molecule is CCOC(=O)C(CCSC)N=C=S. The van der Waals surface area contributed by atoms with Crippen LogP contribution in [0.1, 0.15) is 13.3 Å². The monoisotopic (exact) mass is 219 g/mol. The maximum atomic E-state index is 11.2. The topological polar surface area (TPSA) is 38.7 Å². The predicted molar refractivity (Wildman–Crippen MR) is 58.4 cm³/mol. The van der Waals surface area contributed by atoms with Gasteiger partial charge in [-0.25, -0.2) is 9.79 Å². The number of isothiocyanates is 1. The van der Waals surface area contributed by atoms with Crippen LogP contribution in [0.15, 0.2) is 4.99 Å².